The van der Waals surface area contributed by atoms with Gasteiger partial charge >= 0.3 is 0 Å². The second-order valence-corrected chi connectivity index (χ2v) is 6.33. The molecule has 3 aromatic rings. The molecule has 124 valence electrons. The molecule has 1 aliphatic rings. The van der Waals surface area contributed by atoms with Gasteiger partial charge in [-0.1, -0.05) is 23.8 Å². The zero-order valence-corrected chi connectivity index (χ0v) is 14.2. The molecule has 0 unspecified atom stereocenters. The highest BCUT2D eigenvalue weighted by molar-refractivity contribution is 5.85. The SMILES string of the molecule is Cc1ccc(C)c(C2=Cc3cnn(-c4ncccn4)c(=O)c3CC2)c1. The molecule has 2 heterocycles. The van der Waals surface area contributed by atoms with Crippen LogP contribution >= 0.6 is 0 Å². The number of hydrogen-bond donors (Lipinski definition) is 0. The van der Waals surface area contributed by atoms with Crippen LogP contribution in [0.25, 0.3) is 17.6 Å². The van der Waals surface area contributed by atoms with Gasteiger partial charge in [0.25, 0.3) is 11.5 Å². The lowest BCUT2D eigenvalue weighted by atomic mass is 9.88. The standard InChI is InChI=1S/C20H18N4O/c1-13-4-5-14(2)18(10-13)15-6-7-17-16(11-15)12-23-24(19(17)25)20-21-8-3-9-22-20/h3-5,8-12H,6-7H2,1-2H3. The molecule has 0 fully saturated rings. The third-order valence-corrected chi connectivity index (χ3v) is 4.57. The highest BCUT2D eigenvalue weighted by atomic mass is 16.1. The summed E-state index contributed by atoms with van der Waals surface area (Å²) in [6, 6.07) is 8.19. The Labute approximate surface area is 145 Å². The average Bonchev–Trinajstić information content (AvgIpc) is 2.64. The van der Waals surface area contributed by atoms with Crippen molar-refractivity contribution < 1.29 is 0 Å². The molecular weight excluding hydrogens is 312 g/mol. The fourth-order valence-corrected chi connectivity index (χ4v) is 3.23. The number of rotatable bonds is 2. The Morgan fingerprint density at radius 1 is 1.08 bits per heavy atom. The number of hydrogen-bond acceptors (Lipinski definition) is 4. The summed E-state index contributed by atoms with van der Waals surface area (Å²) in [6.45, 7) is 4.22. The second-order valence-electron chi connectivity index (χ2n) is 6.33. The van der Waals surface area contributed by atoms with E-state index in [0.29, 0.717) is 12.4 Å². The van der Waals surface area contributed by atoms with E-state index in [1.807, 2.05) is 0 Å². The summed E-state index contributed by atoms with van der Waals surface area (Å²) >= 11 is 0. The van der Waals surface area contributed by atoms with Crippen molar-refractivity contribution in [3.8, 4) is 5.95 Å². The minimum atomic E-state index is -0.139. The topological polar surface area (TPSA) is 60.7 Å². The largest absolute Gasteiger partial charge is 0.278 e. The van der Waals surface area contributed by atoms with Crippen LogP contribution in [-0.2, 0) is 6.42 Å². The lowest BCUT2D eigenvalue weighted by molar-refractivity contribution is 0.730. The van der Waals surface area contributed by atoms with Gasteiger partial charge in [-0.25, -0.2) is 9.97 Å². The first-order valence-electron chi connectivity index (χ1n) is 8.30. The van der Waals surface area contributed by atoms with E-state index in [1.54, 1.807) is 24.7 Å². The summed E-state index contributed by atoms with van der Waals surface area (Å²) < 4.78 is 1.27. The normalized spacial score (nSPS) is 13.3. The van der Waals surface area contributed by atoms with Gasteiger partial charge in [0.05, 0.1) is 6.20 Å². The third-order valence-electron chi connectivity index (χ3n) is 4.57. The number of nitrogens with zero attached hydrogens (tertiary/aromatic N) is 4. The lowest BCUT2D eigenvalue weighted by Gasteiger charge is -2.18. The number of allylic oxidation sites excluding steroid dienone is 1. The molecular formula is C20H18N4O. The zero-order valence-electron chi connectivity index (χ0n) is 14.2. The molecule has 1 aliphatic carbocycles. The van der Waals surface area contributed by atoms with Crippen molar-refractivity contribution in [1.29, 1.82) is 0 Å². The van der Waals surface area contributed by atoms with Crippen LogP contribution in [0.3, 0.4) is 0 Å². The van der Waals surface area contributed by atoms with E-state index in [9.17, 15) is 4.79 Å². The molecule has 1 aromatic carbocycles. The van der Waals surface area contributed by atoms with Gasteiger partial charge in [-0.15, -0.1) is 0 Å². The molecule has 0 saturated heterocycles. The Morgan fingerprint density at radius 3 is 2.68 bits per heavy atom. The predicted molar refractivity (Wildman–Crippen MR) is 97.5 cm³/mol. The minimum absolute atomic E-state index is 0.139. The van der Waals surface area contributed by atoms with Gasteiger partial charge in [0.2, 0.25) is 0 Å². The molecule has 5 nitrogen and oxygen atoms in total. The number of benzene rings is 1. The summed E-state index contributed by atoms with van der Waals surface area (Å²) in [5, 5.41) is 4.26. The van der Waals surface area contributed by atoms with E-state index in [1.165, 1.54) is 26.9 Å². The van der Waals surface area contributed by atoms with E-state index in [4.69, 9.17) is 0 Å². The fraction of sp³-hybridized carbons (Fsp3) is 0.200. The Morgan fingerprint density at radius 2 is 1.88 bits per heavy atom. The monoisotopic (exact) mass is 330 g/mol. The Balaban J connectivity index is 1.80. The quantitative estimate of drug-likeness (QED) is 0.724. The molecule has 0 aliphatic heterocycles. The van der Waals surface area contributed by atoms with Crippen molar-refractivity contribution in [2.75, 3.05) is 0 Å². The van der Waals surface area contributed by atoms with Crippen molar-refractivity contribution in [3.05, 3.63) is 81.0 Å². The van der Waals surface area contributed by atoms with Crippen molar-refractivity contribution >= 4 is 11.6 Å². The smallest absolute Gasteiger partial charge is 0.267 e. The van der Waals surface area contributed by atoms with Gasteiger partial charge in [0, 0.05) is 23.5 Å². The summed E-state index contributed by atoms with van der Waals surface area (Å²) in [5.74, 6) is 0.305. The Bertz CT molecular complexity index is 1040. The molecule has 2 aromatic heterocycles. The predicted octanol–water partition coefficient (Wildman–Crippen LogP) is 3.13. The number of fused-ring (bicyclic) bond motifs is 1. The molecule has 5 heteroatoms. The lowest BCUT2D eigenvalue weighted by Crippen LogP contribution is -2.28. The van der Waals surface area contributed by atoms with Gasteiger partial charge in [-0.2, -0.15) is 9.78 Å². The Kier molecular flexibility index (Phi) is 3.76. The number of aromatic nitrogens is 4. The molecule has 0 amide bonds. The first-order valence-corrected chi connectivity index (χ1v) is 8.30. The van der Waals surface area contributed by atoms with E-state index in [-0.39, 0.29) is 5.56 Å². The van der Waals surface area contributed by atoms with E-state index < -0.39 is 0 Å². The van der Waals surface area contributed by atoms with E-state index in [0.717, 1.165) is 17.5 Å². The van der Waals surface area contributed by atoms with Gasteiger partial charge in [0.15, 0.2) is 0 Å². The molecule has 0 radical (unpaired) electrons. The van der Waals surface area contributed by atoms with Crippen LogP contribution in [0.2, 0.25) is 0 Å². The van der Waals surface area contributed by atoms with Gasteiger partial charge in [-0.05, 0) is 55.5 Å². The Hall–Kier alpha value is -3.08. The van der Waals surface area contributed by atoms with Crippen molar-refractivity contribution in [2.24, 2.45) is 0 Å². The first-order chi connectivity index (χ1) is 12.1. The van der Waals surface area contributed by atoms with Crippen molar-refractivity contribution in [2.45, 2.75) is 26.7 Å². The first kappa shape index (κ1) is 15.4. The molecule has 0 bridgehead atoms. The maximum atomic E-state index is 12.8. The minimum Gasteiger partial charge on any atom is -0.267 e. The van der Waals surface area contributed by atoms with Crippen molar-refractivity contribution in [3.63, 3.8) is 0 Å². The average molecular weight is 330 g/mol. The maximum Gasteiger partial charge on any atom is 0.278 e. The third kappa shape index (κ3) is 2.78. The van der Waals surface area contributed by atoms with Gasteiger partial charge in [-0.3, -0.25) is 4.79 Å². The van der Waals surface area contributed by atoms with Crippen LogP contribution < -0.4 is 5.56 Å². The summed E-state index contributed by atoms with van der Waals surface area (Å²) in [5.41, 5.74) is 6.52. The summed E-state index contributed by atoms with van der Waals surface area (Å²) in [6.07, 6.45) is 8.57. The molecule has 0 atom stereocenters. The second kappa shape index (κ2) is 6.09. The maximum absolute atomic E-state index is 12.8. The van der Waals surface area contributed by atoms with Crippen LogP contribution in [0.4, 0.5) is 0 Å². The molecule has 25 heavy (non-hydrogen) atoms. The van der Waals surface area contributed by atoms with Crippen LogP contribution in [0, 0.1) is 13.8 Å². The number of aryl methyl sites for hydroxylation is 2. The summed E-state index contributed by atoms with van der Waals surface area (Å²) in [7, 11) is 0. The van der Waals surface area contributed by atoms with E-state index >= 15 is 0 Å². The van der Waals surface area contributed by atoms with Gasteiger partial charge in [0.1, 0.15) is 0 Å². The van der Waals surface area contributed by atoms with E-state index in [2.05, 4.69) is 53.2 Å². The highest BCUT2D eigenvalue weighted by Crippen LogP contribution is 2.31. The van der Waals surface area contributed by atoms with Gasteiger partial charge < -0.3 is 0 Å². The van der Waals surface area contributed by atoms with Crippen molar-refractivity contribution in [1.82, 2.24) is 19.7 Å². The van der Waals surface area contributed by atoms with Crippen LogP contribution in [0.15, 0.2) is 47.7 Å². The summed E-state index contributed by atoms with van der Waals surface area (Å²) in [4.78, 5) is 21.0. The highest BCUT2D eigenvalue weighted by Gasteiger charge is 2.19. The van der Waals surface area contributed by atoms with Crippen LogP contribution in [-0.4, -0.2) is 19.7 Å². The molecule has 0 N–H and O–H groups in total. The molecule has 0 spiro atoms. The zero-order chi connectivity index (χ0) is 17.4. The molecule has 0 saturated carbocycles. The molecule has 4 rings (SSSR count). The van der Waals surface area contributed by atoms with Crippen LogP contribution in [0.1, 0.15) is 34.2 Å². The fourth-order valence-electron chi connectivity index (χ4n) is 3.23. The van der Waals surface area contributed by atoms with Crippen LogP contribution in [0.5, 0.6) is 0 Å².